The maximum Gasteiger partial charge on any atom is 0.328 e. The largest absolute Gasteiger partial charge is 0.467 e. The lowest BCUT2D eigenvalue weighted by molar-refractivity contribution is -0.145. The molecule has 0 spiro atoms. The summed E-state index contributed by atoms with van der Waals surface area (Å²) in [5.74, 6) is -0.829. The van der Waals surface area contributed by atoms with Gasteiger partial charge in [-0.3, -0.25) is 9.59 Å². The van der Waals surface area contributed by atoms with Crippen molar-refractivity contribution in [2.75, 3.05) is 7.11 Å². The monoisotopic (exact) mass is 227 g/mol. The number of nitrogens with one attached hydrogen (secondary N) is 1. The number of esters is 1. The molecule has 1 aliphatic rings. The van der Waals surface area contributed by atoms with E-state index >= 15 is 0 Å². The van der Waals surface area contributed by atoms with Gasteiger partial charge in [0.2, 0.25) is 5.91 Å². The summed E-state index contributed by atoms with van der Waals surface area (Å²) in [5.41, 5.74) is 0. The van der Waals surface area contributed by atoms with Gasteiger partial charge in [0.05, 0.1) is 13.5 Å². The van der Waals surface area contributed by atoms with Crippen molar-refractivity contribution in [3.8, 4) is 0 Å². The van der Waals surface area contributed by atoms with Gasteiger partial charge in [0.25, 0.3) is 0 Å². The molecule has 0 heterocycles. The molecular formula is C11H17NO4. The molecule has 1 unspecified atom stereocenters. The van der Waals surface area contributed by atoms with E-state index in [0.717, 1.165) is 12.8 Å². The number of ketones is 1. The Morgan fingerprint density at radius 2 is 2.00 bits per heavy atom. The van der Waals surface area contributed by atoms with Crippen LogP contribution in [0.4, 0.5) is 0 Å². The van der Waals surface area contributed by atoms with Gasteiger partial charge in [0.1, 0.15) is 11.8 Å². The summed E-state index contributed by atoms with van der Waals surface area (Å²) in [6.45, 7) is 1.77. The van der Waals surface area contributed by atoms with E-state index in [1.807, 2.05) is 0 Å². The van der Waals surface area contributed by atoms with E-state index in [0.29, 0.717) is 6.42 Å². The zero-order valence-corrected chi connectivity index (χ0v) is 9.62. The van der Waals surface area contributed by atoms with Crippen LogP contribution in [0.1, 0.15) is 32.6 Å². The molecule has 90 valence electrons. The quantitative estimate of drug-likeness (QED) is 0.527. The Morgan fingerprint density at radius 3 is 2.44 bits per heavy atom. The van der Waals surface area contributed by atoms with E-state index in [1.165, 1.54) is 7.11 Å². The molecule has 0 saturated heterocycles. The van der Waals surface area contributed by atoms with Crippen LogP contribution in [0.5, 0.6) is 0 Å². The minimum atomic E-state index is -0.649. The maximum absolute atomic E-state index is 11.4. The van der Waals surface area contributed by atoms with Gasteiger partial charge in [-0.15, -0.1) is 0 Å². The van der Waals surface area contributed by atoms with Gasteiger partial charge in [0.15, 0.2) is 0 Å². The van der Waals surface area contributed by atoms with Crippen LogP contribution in [0, 0.1) is 5.92 Å². The molecule has 1 aliphatic carbocycles. The van der Waals surface area contributed by atoms with E-state index in [2.05, 4.69) is 10.1 Å². The molecule has 1 rings (SSSR count). The van der Waals surface area contributed by atoms with Gasteiger partial charge in [-0.05, 0) is 19.3 Å². The average molecular weight is 227 g/mol. The molecule has 5 heteroatoms. The molecule has 0 aliphatic heterocycles. The van der Waals surface area contributed by atoms with Crippen molar-refractivity contribution in [3.05, 3.63) is 0 Å². The number of rotatable bonds is 6. The van der Waals surface area contributed by atoms with E-state index in [-0.39, 0.29) is 18.1 Å². The summed E-state index contributed by atoms with van der Waals surface area (Å²) in [7, 11) is 1.27. The minimum Gasteiger partial charge on any atom is -0.467 e. The van der Waals surface area contributed by atoms with Gasteiger partial charge in [-0.2, -0.15) is 0 Å². The number of Topliss-reactive ketones (excluding diaryl/α,β-unsaturated/α-hetero) is 1. The fourth-order valence-electron chi connectivity index (χ4n) is 1.42. The van der Waals surface area contributed by atoms with Gasteiger partial charge >= 0.3 is 5.97 Å². The smallest absolute Gasteiger partial charge is 0.328 e. The summed E-state index contributed by atoms with van der Waals surface area (Å²) >= 11 is 0. The molecule has 0 aromatic heterocycles. The van der Waals surface area contributed by atoms with Gasteiger partial charge in [0, 0.05) is 5.92 Å². The molecule has 0 radical (unpaired) electrons. The summed E-state index contributed by atoms with van der Waals surface area (Å²) in [6, 6.07) is -0.649. The first-order chi connectivity index (χ1) is 7.58. The van der Waals surface area contributed by atoms with E-state index < -0.39 is 17.9 Å². The second-order valence-corrected chi connectivity index (χ2v) is 3.97. The molecule has 1 N–H and O–H groups in total. The fraction of sp³-hybridized carbons (Fsp3) is 0.727. The zero-order chi connectivity index (χ0) is 12.1. The Balaban J connectivity index is 2.36. The van der Waals surface area contributed by atoms with Crippen LogP contribution >= 0.6 is 0 Å². The van der Waals surface area contributed by atoms with Crippen molar-refractivity contribution in [1.82, 2.24) is 5.32 Å². The van der Waals surface area contributed by atoms with E-state index in [4.69, 9.17) is 0 Å². The second kappa shape index (κ2) is 5.63. The normalized spacial score (nSPS) is 16.4. The van der Waals surface area contributed by atoms with E-state index in [9.17, 15) is 14.4 Å². The van der Waals surface area contributed by atoms with Crippen molar-refractivity contribution in [1.29, 1.82) is 0 Å². The van der Waals surface area contributed by atoms with Crippen LogP contribution in [-0.2, 0) is 19.1 Å². The number of carbonyl (C=O) groups excluding carboxylic acids is 3. The number of hydrogen-bond acceptors (Lipinski definition) is 4. The Kier molecular flexibility index (Phi) is 4.46. The molecule has 1 fully saturated rings. The molecule has 1 amide bonds. The summed E-state index contributed by atoms with van der Waals surface area (Å²) < 4.78 is 4.53. The molecule has 1 atom stereocenters. The Bertz CT molecular complexity index is 296. The van der Waals surface area contributed by atoms with Crippen molar-refractivity contribution in [3.63, 3.8) is 0 Å². The predicted octanol–water partition coefficient (Wildman–Crippen LogP) is 0.423. The zero-order valence-electron chi connectivity index (χ0n) is 9.62. The lowest BCUT2D eigenvalue weighted by Gasteiger charge is -2.13. The van der Waals surface area contributed by atoms with Crippen molar-refractivity contribution in [2.24, 2.45) is 5.92 Å². The summed E-state index contributed by atoms with van der Waals surface area (Å²) in [4.78, 5) is 34.0. The van der Waals surface area contributed by atoms with Crippen molar-refractivity contribution < 1.29 is 19.1 Å². The number of carbonyl (C=O) groups is 3. The standard InChI is InChI=1S/C11H17NO4/c1-3-8(11(15)16-2)12-10(14)6-9(13)7-4-5-7/h7-8H,3-6H2,1-2H3,(H,12,14). The van der Waals surface area contributed by atoms with Crippen LogP contribution in [0.15, 0.2) is 0 Å². The molecule has 0 bridgehead atoms. The average Bonchev–Trinajstić information content (AvgIpc) is 3.08. The van der Waals surface area contributed by atoms with E-state index in [1.54, 1.807) is 6.92 Å². The predicted molar refractivity (Wildman–Crippen MR) is 56.6 cm³/mol. The van der Waals surface area contributed by atoms with Gasteiger partial charge in [-0.25, -0.2) is 4.79 Å². The van der Waals surface area contributed by atoms with Crippen LogP contribution < -0.4 is 5.32 Å². The first kappa shape index (κ1) is 12.7. The lowest BCUT2D eigenvalue weighted by atomic mass is 10.1. The number of methoxy groups -OCH3 is 1. The second-order valence-electron chi connectivity index (χ2n) is 3.97. The van der Waals surface area contributed by atoms with Gasteiger partial charge in [-0.1, -0.05) is 6.92 Å². The lowest BCUT2D eigenvalue weighted by Crippen LogP contribution is -2.41. The Hall–Kier alpha value is -1.39. The summed E-state index contributed by atoms with van der Waals surface area (Å²) in [5, 5.41) is 2.50. The number of hydrogen-bond donors (Lipinski definition) is 1. The molecular weight excluding hydrogens is 210 g/mol. The molecule has 5 nitrogen and oxygen atoms in total. The highest BCUT2D eigenvalue weighted by atomic mass is 16.5. The fourth-order valence-corrected chi connectivity index (χ4v) is 1.42. The first-order valence-electron chi connectivity index (χ1n) is 5.48. The molecule has 16 heavy (non-hydrogen) atoms. The summed E-state index contributed by atoms with van der Waals surface area (Å²) in [6.07, 6.45) is 2.11. The molecule has 0 aromatic carbocycles. The highest BCUT2D eigenvalue weighted by Crippen LogP contribution is 2.30. The SMILES string of the molecule is CCC(NC(=O)CC(=O)C1CC1)C(=O)OC. The van der Waals surface area contributed by atoms with Crippen LogP contribution in [0.3, 0.4) is 0 Å². The van der Waals surface area contributed by atoms with Gasteiger partial charge < -0.3 is 10.1 Å². The number of ether oxygens (including phenoxy) is 1. The third kappa shape index (κ3) is 3.64. The Morgan fingerprint density at radius 1 is 1.38 bits per heavy atom. The topological polar surface area (TPSA) is 72.5 Å². The van der Waals surface area contributed by atoms with Crippen molar-refractivity contribution in [2.45, 2.75) is 38.6 Å². The highest BCUT2D eigenvalue weighted by Gasteiger charge is 2.31. The first-order valence-corrected chi connectivity index (χ1v) is 5.48. The Labute approximate surface area is 94.5 Å². The van der Waals surface area contributed by atoms with Crippen LogP contribution in [-0.4, -0.2) is 30.8 Å². The maximum atomic E-state index is 11.4. The third-order valence-electron chi connectivity index (χ3n) is 2.60. The number of amides is 1. The highest BCUT2D eigenvalue weighted by molar-refractivity contribution is 6.01. The van der Waals surface area contributed by atoms with Crippen LogP contribution in [0.2, 0.25) is 0 Å². The van der Waals surface area contributed by atoms with Crippen LogP contribution in [0.25, 0.3) is 0 Å². The molecule has 1 saturated carbocycles. The minimum absolute atomic E-state index is 0.0304. The van der Waals surface area contributed by atoms with Crippen molar-refractivity contribution >= 4 is 17.7 Å². The molecule has 0 aromatic rings. The third-order valence-corrected chi connectivity index (χ3v) is 2.60.